The van der Waals surface area contributed by atoms with Crippen molar-refractivity contribution in [3.05, 3.63) is 78.8 Å². The van der Waals surface area contributed by atoms with E-state index in [4.69, 9.17) is 23.2 Å². The van der Waals surface area contributed by atoms with Gasteiger partial charge in [0, 0.05) is 30.6 Å². The number of carbonyl (C=O) groups excluding carboxylic acids is 1. The second kappa shape index (κ2) is 9.17. The quantitative estimate of drug-likeness (QED) is 0.259. The molecule has 0 atom stereocenters. The summed E-state index contributed by atoms with van der Waals surface area (Å²) >= 11 is 15.6. The van der Waals surface area contributed by atoms with E-state index in [0.717, 1.165) is 16.5 Å². The topological polar surface area (TPSA) is 75.3 Å². The summed E-state index contributed by atoms with van der Waals surface area (Å²) in [5, 5.41) is 4.45. The average molecular weight is 554 g/mol. The molecule has 1 amide bonds. The molecule has 0 saturated carbocycles. The van der Waals surface area contributed by atoms with Crippen LogP contribution in [0.5, 0.6) is 0 Å². The Morgan fingerprint density at radius 1 is 1.00 bits per heavy atom. The van der Waals surface area contributed by atoms with Crippen LogP contribution in [0.3, 0.4) is 0 Å². The Morgan fingerprint density at radius 3 is 2.38 bits per heavy atom. The van der Waals surface area contributed by atoms with Crippen molar-refractivity contribution in [3.63, 3.8) is 0 Å². The summed E-state index contributed by atoms with van der Waals surface area (Å²) in [6, 6.07) is 14.8. The van der Waals surface area contributed by atoms with Crippen molar-refractivity contribution in [1.29, 1.82) is 0 Å². The molecular formula is C24H22Cl2N2O3S3. The van der Waals surface area contributed by atoms with Gasteiger partial charge in [0.2, 0.25) is 10.0 Å². The fourth-order valence-corrected chi connectivity index (χ4v) is 6.69. The van der Waals surface area contributed by atoms with E-state index in [9.17, 15) is 13.2 Å². The lowest BCUT2D eigenvalue weighted by Crippen LogP contribution is -2.18. The monoisotopic (exact) mass is 552 g/mol. The van der Waals surface area contributed by atoms with Crippen molar-refractivity contribution in [2.24, 2.45) is 0 Å². The zero-order valence-corrected chi connectivity index (χ0v) is 22.8. The molecule has 2 N–H and O–H groups in total. The first-order valence-corrected chi connectivity index (χ1v) is 14.5. The molecule has 4 rings (SSSR count). The minimum Gasteiger partial charge on any atom is -0.321 e. The molecule has 5 nitrogen and oxygen atoms in total. The molecule has 0 saturated heterocycles. The maximum Gasteiger partial charge on any atom is 0.265 e. The average Bonchev–Trinajstić information content (AvgIpc) is 3.33. The van der Waals surface area contributed by atoms with Gasteiger partial charge in [0.25, 0.3) is 5.91 Å². The second-order valence-corrected chi connectivity index (χ2v) is 13.5. The van der Waals surface area contributed by atoms with Crippen LogP contribution in [0.15, 0.2) is 48.5 Å². The summed E-state index contributed by atoms with van der Waals surface area (Å²) in [7, 11) is -3.48. The fraction of sp³-hybridized carbons (Fsp3) is 0.208. The smallest absolute Gasteiger partial charge is 0.265 e. The second-order valence-electron chi connectivity index (χ2n) is 8.57. The predicted octanol–water partition coefficient (Wildman–Crippen LogP) is 7.53. The molecule has 0 aliphatic heterocycles. The third-order valence-electron chi connectivity index (χ3n) is 5.36. The van der Waals surface area contributed by atoms with E-state index in [0.29, 0.717) is 21.0 Å². The van der Waals surface area contributed by atoms with Crippen molar-refractivity contribution in [2.75, 3.05) is 16.3 Å². The van der Waals surface area contributed by atoms with Crippen LogP contribution in [0.4, 0.5) is 11.4 Å². The van der Waals surface area contributed by atoms with Crippen LogP contribution in [-0.4, -0.2) is 20.6 Å². The summed E-state index contributed by atoms with van der Waals surface area (Å²) in [6.07, 6.45) is 1.06. The fourth-order valence-electron chi connectivity index (χ4n) is 3.58. The lowest BCUT2D eigenvalue weighted by Gasteiger charge is -2.25. The Hall–Kier alpha value is -2.10. The molecule has 0 aliphatic carbocycles. The first-order chi connectivity index (χ1) is 15.8. The van der Waals surface area contributed by atoms with Crippen molar-refractivity contribution in [1.82, 2.24) is 0 Å². The van der Waals surface area contributed by atoms with Crippen LogP contribution in [0.1, 0.15) is 38.8 Å². The number of halogens is 2. The van der Waals surface area contributed by atoms with Gasteiger partial charge in [-0.2, -0.15) is 0 Å². The molecule has 4 aromatic rings. The van der Waals surface area contributed by atoms with Gasteiger partial charge in [-0.25, -0.2) is 8.42 Å². The van der Waals surface area contributed by atoms with Crippen LogP contribution in [0, 0.1) is 6.92 Å². The predicted molar refractivity (Wildman–Crippen MR) is 146 cm³/mol. The number of nitrogens with one attached hydrogen (secondary N) is 2. The van der Waals surface area contributed by atoms with Gasteiger partial charge in [0.05, 0.1) is 21.8 Å². The number of benzene rings is 2. The summed E-state index contributed by atoms with van der Waals surface area (Å²) in [6.45, 7) is 6.34. The molecule has 0 radical (unpaired) electrons. The van der Waals surface area contributed by atoms with Crippen molar-refractivity contribution < 1.29 is 13.2 Å². The lowest BCUT2D eigenvalue weighted by molar-refractivity contribution is 0.103. The third kappa shape index (κ3) is 5.42. The van der Waals surface area contributed by atoms with Crippen LogP contribution in [0.25, 0.3) is 10.1 Å². The molecule has 0 bridgehead atoms. The number of aryl methyl sites for hydroxylation is 1. The van der Waals surface area contributed by atoms with Gasteiger partial charge in [0.15, 0.2) is 0 Å². The summed E-state index contributed by atoms with van der Waals surface area (Å²) in [5.41, 5.74) is 1.59. The van der Waals surface area contributed by atoms with Crippen molar-refractivity contribution in [3.8, 4) is 0 Å². The number of fused-ring (bicyclic) bond motifs is 1. The van der Waals surface area contributed by atoms with E-state index >= 15 is 0 Å². The minimum atomic E-state index is -3.48. The highest BCUT2D eigenvalue weighted by molar-refractivity contribution is 7.92. The Balaban J connectivity index is 1.62. The standard InChI is InChI=1S/C24H22Cl2N2O3S3/c1-13-5-6-22(32-13)24(2,3)15-9-16(25)11-17(10-15)27-23(29)21-8-14-7-19(28-34(4,30)31)18(26)12-20(14)33-21/h5-12,28H,1-4H3,(H,27,29). The van der Waals surface area contributed by atoms with E-state index < -0.39 is 10.0 Å². The lowest BCUT2D eigenvalue weighted by atomic mass is 9.83. The van der Waals surface area contributed by atoms with Crippen LogP contribution in [-0.2, 0) is 15.4 Å². The van der Waals surface area contributed by atoms with Gasteiger partial charge < -0.3 is 5.32 Å². The van der Waals surface area contributed by atoms with Gasteiger partial charge in [0.1, 0.15) is 0 Å². The number of carbonyl (C=O) groups is 1. The number of hydrogen-bond acceptors (Lipinski definition) is 5. The third-order valence-corrected chi connectivity index (χ3v) is 8.90. The SMILES string of the molecule is Cc1ccc(C(C)(C)c2cc(Cl)cc(NC(=O)c3cc4cc(NS(C)(=O)=O)c(Cl)cc4s3)c2)s1. The summed E-state index contributed by atoms with van der Waals surface area (Å²) < 4.78 is 26.3. The summed E-state index contributed by atoms with van der Waals surface area (Å²) in [4.78, 5) is 16.0. The highest BCUT2D eigenvalue weighted by Crippen LogP contribution is 2.39. The zero-order valence-electron chi connectivity index (χ0n) is 18.8. The number of sulfonamides is 1. The Bertz CT molecular complexity index is 1520. The van der Waals surface area contributed by atoms with Gasteiger partial charge in [-0.15, -0.1) is 22.7 Å². The first kappa shape index (κ1) is 25.0. The van der Waals surface area contributed by atoms with E-state index in [-0.39, 0.29) is 22.0 Å². The van der Waals surface area contributed by atoms with Gasteiger partial charge >= 0.3 is 0 Å². The molecule has 0 fully saturated rings. The number of anilines is 2. The largest absolute Gasteiger partial charge is 0.321 e. The number of hydrogen-bond donors (Lipinski definition) is 2. The highest BCUT2D eigenvalue weighted by atomic mass is 35.5. The molecular weight excluding hydrogens is 531 g/mol. The van der Waals surface area contributed by atoms with Gasteiger partial charge in [-0.3, -0.25) is 9.52 Å². The number of amides is 1. The molecule has 2 heterocycles. The molecule has 0 spiro atoms. The molecule has 2 aromatic heterocycles. The van der Waals surface area contributed by atoms with Crippen molar-refractivity contribution in [2.45, 2.75) is 26.2 Å². The van der Waals surface area contributed by atoms with Crippen LogP contribution in [0.2, 0.25) is 10.0 Å². The van der Waals surface area contributed by atoms with Crippen LogP contribution < -0.4 is 10.0 Å². The zero-order chi connectivity index (χ0) is 24.8. The minimum absolute atomic E-state index is 0.261. The van der Waals surface area contributed by atoms with E-state index in [1.54, 1.807) is 35.6 Å². The number of thiophene rings is 2. The maximum absolute atomic E-state index is 13.0. The molecule has 0 unspecified atom stereocenters. The van der Waals surface area contributed by atoms with Gasteiger partial charge in [-0.1, -0.05) is 37.0 Å². The first-order valence-electron chi connectivity index (χ1n) is 10.2. The number of rotatable bonds is 6. The van der Waals surface area contributed by atoms with E-state index in [2.05, 4.69) is 42.9 Å². The normalized spacial score (nSPS) is 12.2. The van der Waals surface area contributed by atoms with E-state index in [1.807, 2.05) is 12.1 Å². The highest BCUT2D eigenvalue weighted by Gasteiger charge is 2.26. The Morgan fingerprint density at radius 2 is 1.74 bits per heavy atom. The van der Waals surface area contributed by atoms with Crippen molar-refractivity contribution >= 4 is 83.3 Å². The van der Waals surface area contributed by atoms with Crippen LogP contribution >= 0.6 is 45.9 Å². The summed E-state index contributed by atoms with van der Waals surface area (Å²) in [5.74, 6) is -0.284. The molecule has 10 heteroatoms. The molecule has 178 valence electrons. The van der Waals surface area contributed by atoms with E-state index in [1.165, 1.54) is 21.1 Å². The maximum atomic E-state index is 13.0. The molecule has 2 aromatic carbocycles. The molecule has 0 aliphatic rings. The Labute approximate surface area is 216 Å². The van der Waals surface area contributed by atoms with Gasteiger partial charge in [-0.05, 0) is 66.4 Å². The Kier molecular flexibility index (Phi) is 6.74. The molecule has 34 heavy (non-hydrogen) atoms.